The van der Waals surface area contributed by atoms with E-state index in [1.165, 1.54) is 6.20 Å². The summed E-state index contributed by atoms with van der Waals surface area (Å²) in [5.74, 6) is -2.45. The molecule has 166 valence electrons. The monoisotopic (exact) mass is 450 g/mol. The van der Waals surface area contributed by atoms with Crippen LogP contribution < -0.4 is 21.8 Å². The van der Waals surface area contributed by atoms with E-state index in [9.17, 15) is 14.4 Å². The van der Waals surface area contributed by atoms with E-state index in [4.69, 9.17) is 27.8 Å². The van der Waals surface area contributed by atoms with Gasteiger partial charge in [0.25, 0.3) is 0 Å². The van der Waals surface area contributed by atoms with E-state index in [1.54, 1.807) is 16.4 Å². The van der Waals surface area contributed by atoms with Crippen molar-refractivity contribution < 1.29 is 18.7 Å². The Hall–Kier alpha value is -2.49. The maximum atomic E-state index is 15.1. The number of hydrogen-bond acceptors (Lipinski definition) is 7. The summed E-state index contributed by atoms with van der Waals surface area (Å²) >= 11 is 6.64. The number of anilines is 1. The number of ether oxygens (including phenoxy) is 1. The van der Waals surface area contributed by atoms with Crippen LogP contribution in [0, 0.1) is 5.82 Å². The molecule has 2 fully saturated rings. The number of rotatable bonds is 6. The molecule has 8 nitrogen and oxygen atoms in total. The molecular formula is C21H24ClFN4O4. The first-order chi connectivity index (χ1) is 14.7. The summed E-state index contributed by atoms with van der Waals surface area (Å²) in [5, 5.41) is 0.0883. The molecule has 1 aliphatic heterocycles. The molecule has 1 saturated carbocycles. The molecule has 0 radical (unpaired) electrons. The molecule has 2 atom stereocenters. The van der Waals surface area contributed by atoms with Crippen molar-refractivity contribution in [2.75, 3.05) is 24.6 Å². The lowest BCUT2D eigenvalue weighted by Crippen LogP contribution is -2.42. The van der Waals surface area contributed by atoms with Gasteiger partial charge in [0.05, 0.1) is 33.8 Å². The highest BCUT2D eigenvalue weighted by Gasteiger charge is 2.33. The molecule has 1 aromatic heterocycles. The van der Waals surface area contributed by atoms with Crippen molar-refractivity contribution >= 4 is 39.9 Å². The van der Waals surface area contributed by atoms with E-state index < -0.39 is 29.0 Å². The minimum Gasteiger partial charge on any atom is -0.464 e. The van der Waals surface area contributed by atoms with Crippen molar-refractivity contribution in [3.63, 3.8) is 0 Å². The lowest BCUT2D eigenvalue weighted by Gasteiger charge is -2.23. The summed E-state index contributed by atoms with van der Waals surface area (Å²) in [6, 6.07) is -0.594. The standard InChI is InChI=1S/C21H24ClFN4O4/c1-2-31-21(30)16(25)20(29)13-9-27(11-3-4-11)17-12(19(13)28)7-14(23)18(15(17)22)26-6-5-10(24)8-26/h7,9-11,16H,2-6,8,24-25H2,1H3. The summed E-state index contributed by atoms with van der Waals surface area (Å²) < 4.78 is 21.6. The third kappa shape index (κ3) is 3.81. The zero-order chi connectivity index (χ0) is 22.4. The number of benzene rings is 1. The Balaban J connectivity index is 1.89. The average Bonchev–Trinajstić information content (AvgIpc) is 3.49. The van der Waals surface area contributed by atoms with Crippen molar-refractivity contribution in [1.82, 2.24) is 4.57 Å². The second-order valence-corrected chi connectivity index (χ2v) is 8.39. The molecule has 2 aromatic rings. The third-order valence-electron chi connectivity index (χ3n) is 5.75. The lowest BCUT2D eigenvalue weighted by molar-refractivity contribution is -0.143. The van der Waals surface area contributed by atoms with Gasteiger partial charge in [0.15, 0.2) is 17.3 Å². The van der Waals surface area contributed by atoms with Gasteiger partial charge in [0, 0.05) is 31.4 Å². The first-order valence-corrected chi connectivity index (χ1v) is 10.7. The molecule has 4 rings (SSSR count). The normalized spacial score (nSPS) is 19.6. The number of Topliss-reactive ketones (excluding diaryl/α,β-unsaturated/α-hetero) is 1. The number of fused-ring (bicyclic) bond motifs is 1. The zero-order valence-corrected chi connectivity index (χ0v) is 17.8. The molecular weight excluding hydrogens is 427 g/mol. The summed E-state index contributed by atoms with van der Waals surface area (Å²) in [6.45, 7) is 2.65. The first kappa shape index (κ1) is 21.7. The molecule has 0 spiro atoms. The highest BCUT2D eigenvalue weighted by Crippen LogP contribution is 2.42. The molecule has 10 heteroatoms. The molecule has 1 saturated heterocycles. The fourth-order valence-corrected chi connectivity index (χ4v) is 4.44. The van der Waals surface area contributed by atoms with Crippen molar-refractivity contribution in [3.8, 4) is 0 Å². The van der Waals surface area contributed by atoms with Gasteiger partial charge in [0.2, 0.25) is 0 Å². The molecule has 4 N–H and O–H groups in total. The number of halogens is 2. The second-order valence-electron chi connectivity index (χ2n) is 8.02. The number of esters is 1. The van der Waals surface area contributed by atoms with Crippen LogP contribution in [0.1, 0.15) is 42.6 Å². The smallest absolute Gasteiger partial charge is 0.331 e. The van der Waals surface area contributed by atoms with Gasteiger partial charge >= 0.3 is 5.97 Å². The summed E-state index contributed by atoms with van der Waals surface area (Å²) in [7, 11) is 0. The van der Waals surface area contributed by atoms with E-state index in [1.807, 2.05) is 0 Å². The van der Waals surface area contributed by atoms with Crippen molar-refractivity contribution in [2.24, 2.45) is 11.5 Å². The van der Waals surface area contributed by atoms with Crippen LogP contribution in [0.4, 0.5) is 10.1 Å². The van der Waals surface area contributed by atoms with Crippen LogP contribution in [-0.2, 0) is 9.53 Å². The van der Waals surface area contributed by atoms with Crippen LogP contribution in [0.3, 0.4) is 0 Å². The van der Waals surface area contributed by atoms with Crippen LogP contribution in [0.15, 0.2) is 17.1 Å². The van der Waals surface area contributed by atoms with Crippen molar-refractivity contribution in [2.45, 2.75) is 44.3 Å². The quantitative estimate of drug-likeness (QED) is 0.390. The van der Waals surface area contributed by atoms with Crippen LogP contribution in [-0.4, -0.2) is 48.1 Å². The lowest BCUT2D eigenvalue weighted by atomic mass is 10.0. The second kappa shape index (κ2) is 8.22. The minimum atomic E-state index is -1.64. The van der Waals surface area contributed by atoms with Crippen LogP contribution in [0.2, 0.25) is 5.02 Å². The third-order valence-corrected chi connectivity index (χ3v) is 6.11. The van der Waals surface area contributed by atoms with E-state index in [2.05, 4.69) is 0 Å². The van der Waals surface area contributed by atoms with E-state index in [-0.39, 0.29) is 40.4 Å². The van der Waals surface area contributed by atoms with Gasteiger partial charge in [0.1, 0.15) is 5.82 Å². The molecule has 1 aromatic carbocycles. The average molecular weight is 451 g/mol. The fraction of sp³-hybridized carbons (Fsp3) is 0.476. The predicted octanol–water partition coefficient (Wildman–Crippen LogP) is 1.74. The number of ketones is 1. The largest absolute Gasteiger partial charge is 0.464 e. The van der Waals surface area contributed by atoms with Gasteiger partial charge in [-0.25, -0.2) is 9.18 Å². The molecule has 2 heterocycles. The van der Waals surface area contributed by atoms with E-state index in [0.29, 0.717) is 25.0 Å². The minimum absolute atomic E-state index is 0.0186. The SMILES string of the molecule is CCOC(=O)C(N)C(=O)c1cn(C2CC2)c2c(Cl)c(N3CCC(N)C3)c(F)cc2c1=O. The van der Waals surface area contributed by atoms with E-state index in [0.717, 1.165) is 18.9 Å². The molecule has 1 aliphatic carbocycles. The van der Waals surface area contributed by atoms with Gasteiger partial charge in [-0.05, 0) is 32.3 Å². The van der Waals surface area contributed by atoms with Gasteiger partial charge in [-0.15, -0.1) is 0 Å². The topological polar surface area (TPSA) is 121 Å². The van der Waals surface area contributed by atoms with Crippen LogP contribution in [0.5, 0.6) is 0 Å². The van der Waals surface area contributed by atoms with Gasteiger partial charge < -0.3 is 25.7 Å². The molecule has 31 heavy (non-hydrogen) atoms. The number of hydrogen-bond donors (Lipinski definition) is 2. The number of aromatic nitrogens is 1. The summed E-state index contributed by atoms with van der Waals surface area (Å²) in [4.78, 5) is 39.6. The van der Waals surface area contributed by atoms with Crippen molar-refractivity contribution in [3.05, 3.63) is 38.9 Å². The molecule has 0 bridgehead atoms. The number of pyridine rings is 1. The van der Waals surface area contributed by atoms with Gasteiger partial charge in [-0.3, -0.25) is 9.59 Å². The Labute approximate surface area is 182 Å². The maximum absolute atomic E-state index is 15.1. The number of carbonyl (C=O) groups is 2. The molecule has 0 amide bonds. The summed E-state index contributed by atoms with van der Waals surface area (Å²) in [5.41, 5.74) is 11.3. The fourth-order valence-electron chi connectivity index (χ4n) is 4.03. The number of nitrogens with zero attached hydrogens (tertiary/aromatic N) is 2. The van der Waals surface area contributed by atoms with Gasteiger partial charge in [-0.2, -0.15) is 0 Å². The van der Waals surface area contributed by atoms with Gasteiger partial charge in [-0.1, -0.05) is 11.6 Å². The first-order valence-electron chi connectivity index (χ1n) is 10.3. The Kier molecular flexibility index (Phi) is 5.76. The highest BCUT2D eigenvalue weighted by molar-refractivity contribution is 6.38. The Morgan fingerprint density at radius 1 is 1.35 bits per heavy atom. The Bertz CT molecular complexity index is 1130. The zero-order valence-electron chi connectivity index (χ0n) is 17.1. The highest BCUT2D eigenvalue weighted by atomic mass is 35.5. The van der Waals surface area contributed by atoms with Crippen molar-refractivity contribution in [1.29, 1.82) is 0 Å². The predicted molar refractivity (Wildman–Crippen MR) is 115 cm³/mol. The van der Waals surface area contributed by atoms with E-state index >= 15 is 4.39 Å². The summed E-state index contributed by atoms with van der Waals surface area (Å²) in [6.07, 6.45) is 3.75. The number of nitrogens with two attached hydrogens (primary N) is 2. The molecule has 2 unspecified atom stereocenters. The van der Waals surface area contributed by atoms with Crippen LogP contribution >= 0.6 is 11.6 Å². The Morgan fingerprint density at radius 2 is 2.06 bits per heavy atom. The van der Waals surface area contributed by atoms with Crippen LogP contribution in [0.25, 0.3) is 10.9 Å². The maximum Gasteiger partial charge on any atom is 0.331 e. The number of carbonyl (C=O) groups excluding carboxylic acids is 2. The Morgan fingerprint density at radius 3 is 2.65 bits per heavy atom. The molecule has 2 aliphatic rings.